The van der Waals surface area contributed by atoms with Crippen molar-refractivity contribution in [2.45, 2.75) is 26.7 Å². The van der Waals surface area contributed by atoms with Crippen LogP contribution in [0, 0.1) is 0 Å². The fourth-order valence-electron chi connectivity index (χ4n) is 4.21. The Kier molecular flexibility index (Phi) is 7.62. The predicted molar refractivity (Wildman–Crippen MR) is 137 cm³/mol. The number of anilines is 2. The number of hydrogen-bond donors (Lipinski definition) is 1. The summed E-state index contributed by atoms with van der Waals surface area (Å²) in [6.07, 6.45) is 1.82. The summed E-state index contributed by atoms with van der Waals surface area (Å²) < 4.78 is 5.33. The molecule has 174 valence electrons. The smallest absolute Gasteiger partial charge is 0.238 e. The van der Waals surface area contributed by atoms with Crippen LogP contribution in [0.2, 0.25) is 0 Å². The van der Waals surface area contributed by atoms with E-state index in [0.29, 0.717) is 6.54 Å². The number of aromatic nitrogens is 1. The molecule has 7 heteroatoms. The van der Waals surface area contributed by atoms with Crippen LogP contribution in [0.5, 0.6) is 5.75 Å². The van der Waals surface area contributed by atoms with Crippen LogP contribution in [0.3, 0.4) is 0 Å². The lowest BCUT2D eigenvalue weighted by Gasteiger charge is -2.34. The van der Waals surface area contributed by atoms with E-state index in [1.54, 1.807) is 18.4 Å². The highest BCUT2D eigenvalue weighted by atomic mass is 32.1. The van der Waals surface area contributed by atoms with Gasteiger partial charge < -0.3 is 15.0 Å². The Morgan fingerprint density at radius 1 is 1.06 bits per heavy atom. The number of nitrogens with zero attached hydrogens (tertiary/aromatic N) is 3. The van der Waals surface area contributed by atoms with E-state index in [1.807, 2.05) is 18.2 Å². The minimum atomic E-state index is 0.0635. The molecule has 1 aliphatic rings. The molecule has 1 saturated heterocycles. The van der Waals surface area contributed by atoms with Crippen LogP contribution < -0.4 is 15.0 Å². The van der Waals surface area contributed by atoms with Crippen molar-refractivity contribution in [2.75, 3.05) is 50.1 Å². The van der Waals surface area contributed by atoms with Gasteiger partial charge in [0.1, 0.15) is 5.75 Å². The number of rotatable bonds is 8. The van der Waals surface area contributed by atoms with Crippen LogP contribution in [0.15, 0.2) is 47.8 Å². The maximum Gasteiger partial charge on any atom is 0.238 e. The number of thiazole rings is 1. The zero-order chi connectivity index (χ0) is 23.2. The van der Waals surface area contributed by atoms with E-state index in [9.17, 15) is 4.79 Å². The number of carbonyl (C=O) groups is 1. The Morgan fingerprint density at radius 2 is 1.76 bits per heavy atom. The average Bonchev–Trinajstić information content (AvgIpc) is 3.35. The fraction of sp³-hybridized carbons (Fsp3) is 0.385. The molecule has 1 N–H and O–H groups in total. The molecule has 0 saturated carbocycles. The van der Waals surface area contributed by atoms with Crippen molar-refractivity contribution in [1.29, 1.82) is 0 Å². The first-order valence-electron chi connectivity index (χ1n) is 11.6. The third-order valence-corrected chi connectivity index (χ3v) is 7.03. The SMILES string of the molecule is CCc1cccc(CC)c1NC(=O)CN1CCN(c2nc(-c3cccc(OC)c3)cs2)CC1. The number of piperazine rings is 1. The number of aryl methyl sites for hydroxylation is 2. The van der Waals surface area contributed by atoms with E-state index in [4.69, 9.17) is 9.72 Å². The van der Waals surface area contributed by atoms with Crippen LogP contribution in [-0.2, 0) is 17.6 Å². The lowest BCUT2D eigenvalue weighted by molar-refractivity contribution is -0.117. The molecule has 1 aromatic heterocycles. The van der Waals surface area contributed by atoms with Crippen molar-refractivity contribution < 1.29 is 9.53 Å². The van der Waals surface area contributed by atoms with Crippen molar-refractivity contribution in [3.8, 4) is 17.0 Å². The number of amides is 1. The number of ether oxygens (including phenoxy) is 1. The van der Waals surface area contributed by atoms with Gasteiger partial charge in [0.2, 0.25) is 5.91 Å². The summed E-state index contributed by atoms with van der Waals surface area (Å²) in [6.45, 7) is 8.09. The van der Waals surface area contributed by atoms with Gasteiger partial charge in [-0.2, -0.15) is 0 Å². The normalized spacial score (nSPS) is 14.3. The number of hydrogen-bond acceptors (Lipinski definition) is 6. The van der Waals surface area contributed by atoms with Gasteiger partial charge in [0.05, 0.1) is 19.3 Å². The fourth-order valence-corrected chi connectivity index (χ4v) is 5.10. The molecule has 1 fully saturated rings. The standard InChI is InChI=1S/C26H32N4O2S/c1-4-19-8-6-9-20(5-2)25(19)28-24(31)17-29-12-14-30(15-13-29)26-27-23(18-33-26)21-10-7-11-22(16-21)32-3/h6-11,16,18H,4-5,12-15,17H2,1-3H3,(H,28,31). The van der Waals surface area contributed by atoms with Gasteiger partial charge in [0.25, 0.3) is 0 Å². The second-order valence-electron chi connectivity index (χ2n) is 8.22. The Morgan fingerprint density at radius 3 is 2.42 bits per heavy atom. The summed E-state index contributed by atoms with van der Waals surface area (Å²) in [7, 11) is 1.68. The average molecular weight is 465 g/mol. The quantitative estimate of drug-likeness (QED) is 0.524. The summed E-state index contributed by atoms with van der Waals surface area (Å²) in [5.41, 5.74) is 5.42. The summed E-state index contributed by atoms with van der Waals surface area (Å²) in [5.74, 6) is 0.898. The highest BCUT2D eigenvalue weighted by Crippen LogP contribution is 2.30. The first-order valence-corrected chi connectivity index (χ1v) is 12.5. The predicted octanol–water partition coefficient (Wildman–Crippen LogP) is 4.70. The van der Waals surface area contributed by atoms with E-state index < -0.39 is 0 Å². The maximum atomic E-state index is 12.8. The third kappa shape index (κ3) is 5.54. The number of nitrogens with one attached hydrogen (secondary N) is 1. The second-order valence-corrected chi connectivity index (χ2v) is 9.05. The Bertz CT molecular complexity index is 1070. The Hall–Kier alpha value is -2.90. The first-order chi connectivity index (χ1) is 16.1. The van der Waals surface area contributed by atoms with Crippen molar-refractivity contribution in [1.82, 2.24) is 9.88 Å². The Balaban J connectivity index is 1.33. The molecule has 0 unspecified atom stereocenters. The summed E-state index contributed by atoms with van der Waals surface area (Å²) in [4.78, 5) is 22.2. The molecule has 1 aliphatic heterocycles. The lowest BCUT2D eigenvalue weighted by atomic mass is 10.0. The van der Waals surface area contributed by atoms with Gasteiger partial charge >= 0.3 is 0 Å². The lowest BCUT2D eigenvalue weighted by Crippen LogP contribution is -2.48. The second kappa shape index (κ2) is 10.8. The molecule has 2 heterocycles. The molecule has 3 aromatic rings. The summed E-state index contributed by atoms with van der Waals surface area (Å²) >= 11 is 1.67. The minimum absolute atomic E-state index is 0.0635. The zero-order valence-electron chi connectivity index (χ0n) is 19.6. The number of carbonyl (C=O) groups excluding carboxylic acids is 1. The molecular formula is C26H32N4O2S. The molecule has 0 radical (unpaired) electrons. The van der Waals surface area contributed by atoms with Crippen LogP contribution in [0.1, 0.15) is 25.0 Å². The van der Waals surface area contributed by atoms with E-state index in [0.717, 1.165) is 66.8 Å². The van der Waals surface area contributed by atoms with Crippen LogP contribution in [0.4, 0.5) is 10.8 Å². The monoisotopic (exact) mass is 464 g/mol. The van der Waals surface area contributed by atoms with Crippen molar-refractivity contribution in [2.24, 2.45) is 0 Å². The summed E-state index contributed by atoms with van der Waals surface area (Å²) in [6, 6.07) is 14.3. The minimum Gasteiger partial charge on any atom is -0.497 e. The van der Waals surface area contributed by atoms with Gasteiger partial charge in [-0.1, -0.05) is 44.2 Å². The summed E-state index contributed by atoms with van der Waals surface area (Å²) in [5, 5.41) is 6.31. The van der Waals surface area contributed by atoms with Crippen LogP contribution in [0.25, 0.3) is 11.3 Å². The first kappa shape index (κ1) is 23.3. The molecule has 33 heavy (non-hydrogen) atoms. The van der Waals surface area contributed by atoms with Crippen LogP contribution >= 0.6 is 11.3 Å². The molecule has 0 aliphatic carbocycles. The van der Waals surface area contributed by atoms with Gasteiger partial charge in [-0.05, 0) is 36.1 Å². The van der Waals surface area contributed by atoms with E-state index in [2.05, 4.69) is 58.6 Å². The molecule has 0 atom stereocenters. The zero-order valence-corrected chi connectivity index (χ0v) is 20.5. The molecule has 0 spiro atoms. The number of methoxy groups -OCH3 is 1. The highest BCUT2D eigenvalue weighted by molar-refractivity contribution is 7.14. The van der Waals surface area contributed by atoms with Crippen molar-refractivity contribution in [3.63, 3.8) is 0 Å². The Labute approximate surface area is 200 Å². The van der Waals surface area contributed by atoms with Gasteiger partial charge in [-0.3, -0.25) is 9.69 Å². The number of benzene rings is 2. The molecular weight excluding hydrogens is 432 g/mol. The van der Waals surface area contributed by atoms with E-state index in [-0.39, 0.29) is 5.91 Å². The maximum absolute atomic E-state index is 12.8. The van der Waals surface area contributed by atoms with Crippen LogP contribution in [-0.4, -0.2) is 55.6 Å². The topological polar surface area (TPSA) is 57.7 Å². The van der Waals surface area contributed by atoms with Crippen molar-refractivity contribution in [3.05, 3.63) is 59.0 Å². The van der Waals surface area contributed by atoms with Crippen molar-refractivity contribution >= 4 is 28.1 Å². The molecule has 0 bridgehead atoms. The molecule has 1 amide bonds. The van der Waals surface area contributed by atoms with Gasteiger partial charge in [0, 0.05) is 42.8 Å². The van der Waals surface area contributed by atoms with Gasteiger partial charge in [-0.15, -0.1) is 11.3 Å². The molecule has 6 nitrogen and oxygen atoms in total. The van der Waals surface area contributed by atoms with E-state index >= 15 is 0 Å². The molecule has 4 rings (SSSR count). The van der Waals surface area contributed by atoms with Gasteiger partial charge in [-0.25, -0.2) is 4.98 Å². The number of para-hydroxylation sites is 1. The largest absolute Gasteiger partial charge is 0.497 e. The third-order valence-electron chi connectivity index (χ3n) is 6.13. The molecule has 2 aromatic carbocycles. The van der Waals surface area contributed by atoms with Gasteiger partial charge in [0.15, 0.2) is 5.13 Å². The highest BCUT2D eigenvalue weighted by Gasteiger charge is 2.22. The van der Waals surface area contributed by atoms with E-state index in [1.165, 1.54) is 11.1 Å².